The van der Waals surface area contributed by atoms with Crippen LogP contribution in [0.4, 0.5) is 0 Å². The lowest BCUT2D eigenvalue weighted by molar-refractivity contribution is 0.299. The van der Waals surface area contributed by atoms with Gasteiger partial charge >= 0.3 is 0 Å². The molecule has 0 bridgehead atoms. The standard InChI is InChI=1S/C18H23NO2S/c1-3-21-17-6-4-16-13-18(7-5-15(16)12-17)22(20)19-10-8-14(2)9-11-19/h4-7,12-14H,3,8-11H2,1-2H3. The van der Waals surface area contributed by atoms with Gasteiger partial charge in [0.2, 0.25) is 0 Å². The smallest absolute Gasteiger partial charge is 0.127 e. The van der Waals surface area contributed by atoms with Crippen molar-refractivity contribution in [2.45, 2.75) is 31.6 Å². The zero-order valence-corrected chi connectivity index (χ0v) is 14.1. The highest BCUT2D eigenvalue weighted by Crippen LogP contribution is 2.26. The van der Waals surface area contributed by atoms with Crippen molar-refractivity contribution in [1.82, 2.24) is 4.31 Å². The minimum Gasteiger partial charge on any atom is -0.494 e. The van der Waals surface area contributed by atoms with Crippen molar-refractivity contribution < 1.29 is 8.95 Å². The number of hydrogen-bond acceptors (Lipinski definition) is 2. The largest absolute Gasteiger partial charge is 0.494 e. The van der Waals surface area contributed by atoms with Crippen LogP contribution in [0.3, 0.4) is 0 Å². The molecule has 0 aromatic heterocycles. The lowest BCUT2D eigenvalue weighted by Gasteiger charge is -2.28. The van der Waals surface area contributed by atoms with Crippen molar-refractivity contribution in [3.8, 4) is 5.75 Å². The topological polar surface area (TPSA) is 29.5 Å². The molecular formula is C18H23NO2S. The van der Waals surface area contributed by atoms with Gasteiger partial charge in [-0.15, -0.1) is 0 Å². The SMILES string of the molecule is CCOc1ccc2cc(S(=O)N3CCC(C)CC3)ccc2c1. The number of fused-ring (bicyclic) bond motifs is 1. The maximum atomic E-state index is 12.7. The molecule has 1 fully saturated rings. The van der Waals surface area contributed by atoms with Crippen LogP contribution in [-0.4, -0.2) is 28.2 Å². The van der Waals surface area contributed by atoms with E-state index in [1.54, 1.807) is 0 Å². The number of benzene rings is 2. The number of nitrogens with zero attached hydrogens (tertiary/aromatic N) is 1. The molecule has 0 radical (unpaired) electrons. The van der Waals surface area contributed by atoms with E-state index >= 15 is 0 Å². The molecule has 0 aliphatic carbocycles. The Morgan fingerprint density at radius 2 is 1.82 bits per heavy atom. The minimum absolute atomic E-state index is 0.668. The van der Waals surface area contributed by atoms with Crippen LogP contribution in [0.5, 0.6) is 5.75 Å². The monoisotopic (exact) mass is 317 g/mol. The first kappa shape index (κ1) is 15.5. The van der Waals surface area contributed by atoms with Crippen LogP contribution in [0.25, 0.3) is 10.8 Å². The van der Waals surface area contributed by atoms with Crippen LogP contribution in [-0.2, 0) is 11.0 Å². The molecule has 0 amide bonds. The van der Waals surface area contributed by atoms with E-state index in [0.717, 1.165) is 53.3 Å². The fourth-order valence-corrected chi connectivity index (χ4v) is 4.12. The Kier molecular flexibility index (Phi) is 4.79. The summed E-state index contributed by atoms with van der Waals surface area (Å²) < 4.78 is 20.4. The molecule has 2 aromatic rings. The summed E-state index contributed by atoms with van der Waals surface area (Å²) in [6.07, 6.45) is 2.27. The van der Waals surface area contributed by atoms with Crippen LogP contribution in [0.15, 0.2) is 41.3 Å². The van der Waals surface area contributed by atoms with E-state index in [4.69, 9.17) is 4.74 Å². The van der Waals surface area contributed by atoms with Crippen molar-refractivity contribution in [3.05, 3.63) is 36.4 Å². The fourth-order valence-electron chi connectivity index (χ4n) is 2.87. The zero-order valence-electron chi connectivity index (χ0n) is 13.2. The Morgan fingerprint density at radius 3 is 2.55 bits per heavy atom. The van der Waals surface area contributed by atoms with Crippen LogP contribution < -0.4 is 4.74 Å². The summed E-state index contributed by atoms with van der Waals surface area (Å²) in [7, 11) is -1.05. The molecular weight excluding hydrogens is 294 g/mol. The molecule has 4 heteroatoms. The van der Waals surface area contributed by atoms with E-state index < -0.39 is 11.0 Å². The van der Waals surface area contributed by atoms with E-state index in [9.17, 15) is 4.21 Å². The van der Waals surface area contributed by atoms with Crippen molar-refractivity contribution >= 4 is 21.8 Å². The van der Waals surface area contributed by atoms with Crippen molar-refractivity contribution in [1.29, 1.82) is 0 Å². The molecule has 22 heavy (non-hydrogen) atoms. The maximum Gasteiger partial charge on any atom is 0.127 e. The van der Waals surface area contributed by atoms with Gasteiger partial charge in [-0.3, -0.25) is 0 Å². The third kappa shape index (κ3) is 3.33. The number of rotatable bonds is 4. The summed E-state index contributed by atoms with van der Waals surface area (Å²) in [6, 6.07) is 12.1. The molecule has 0 N–H and O–H groups in total. The lowest BCUT2D eigenvalue weighted by atomic mass is 10.0. The van der Waals surface area contributed by atoms with E-state index in [2.05, 4.69) is 11.2 Å². The van der Waals surface area contributed by atoms with Gasteiger partial charge < -0.3 is 4.74 Å². The predicted octanol–water partition coefficient (Wildman–Crippen LogP) is 3.99. The third-order valence-corrected chi connectivity index (χ3v) is 5.76. The second kappa shape index (κ2) is 6.80. The summed E-state index contributed by atoms with van der Waals surface area (Å²) in [5, 5.41) is 2.23. The third-order valence-electron chi connectivity index (χ3n) is 4.27. The molecule has 1 aliphatic heterocycles. The Hall–Kier alpha value is -1.39. The molecule has 0 saturated carbocycles. The maximum absolute atomic E-state index is 12.7. The van der Waals surface area contributed by atoms with Crippen LogP contribution in [0.2, 0.25) is 0 Å². The Bertz CT molecular complexity index is 678. The Labute approximate surface area is 134 Å². The summed E-state index contributed by atoms with van der Waals surface area (Å²) in [5.41, 5.74) is 0. The zero-order chi connectivity index (χ0) is 15.5. The molecule has 2 aromatic carbocycles. The predicted molar refractivity (Wildman–Crippen MR) is 91.5 cm³/mol. The highest BCUT2D eigenvalue weighted by Gasteiger charge is 2.21. The molecule has 0 spiro atoms. The molecule has 1 unspecified atom stereocenters. The second-order valence-corrected chi connectivity index (χ2v) is 7.45. The van der Waals surface area contributed by atoms with Gasteiger partial charge in [0.1, 0.15) is 16.7 Å². The average molecular weight is 317 g/mol. The second-order valence-electron chi connectivity index (χ2n) is 5.96. The number of piperidine rings is 1. The molecule has 1 saturated heterocycles. The van der Waals surface area contributed by atoms with Gasteiger partial charge in [0, 0.05) is 13.1 Å². The Morgan fingerprint density at radius 1 is 1.14 bits per heavy atom. The normalized spacial score (nSPS) is 18.5. The lowest BCUT2D eigenvalue weighted by Crippen LogP contribution is -2.34. The Balaban J connectivity index is 1.82. The summed E-state index contributed by atoms with van der Waals surface area (Å²) in [5.74, 6) is 1.63. The van der Waals surface area contributed by atoms with Crippen molar-refractivity contribution in [2.75, 3.05) is 19.7 Å². The van der Waals surface area contributed by atoms with Crippen LogP contribution in [0.1, 0.15) is 26.7 Å². The summed E-state index contributed by atoms with van der Waals surface area (Å²) in [6.45, 7) is 6.77. The van der Waals surface area contributed by atoms with Gasteiger partial charge in [0.05, 0.1) is 11.5 Å². The highest BCUT2D eigenvalue weighted by molar-refractivity contribution is 7.82. The molecule has 3 rings (SSSR count). The molecule has 1 atom stereocenters. The highest BCUT2D eigenvalue weighted by atomic mass is 32.2. The van der Waals surface area contributed by atoms with Gasteiger partial charge in [-0.25, -0.2) is 8.51 Å². The summed E-state index contributed by atoms with van der Waals surface area (Å²) >= 11 is 0. The van der Waals surface area contributed by atoms with Gasteiger partial charge in [-0.1, -0.05) is 19.1 Å². The van der Waals surface area contributed by atoms with Gasteiger partial charge in [-0.05, 0) is 60.7 Å². The molecule has 3 nitrogen and oxygen atoms in total. The molecule has 1 heterocycles. The van der Waals surface area contributed by atoms with Crippen molar-refractivity contribution in [3.63, 3.8) is 0 Å². The molecule has 1 aliphatic rings. The fraction of sp³-hybridized carbons (Fsp3) is 0.444. The van der Waals surface area contributed by atoms with E-state index in [1.807, 2.05) is 43.3 Å². The van der Waals surface area contributed by atoms with Gasteiger partial charge in [-0.2, -0.15) is 0 Å². The molecule has 118 valence electrons. The first-order valence-electron chi connectivity index (χ1n) is 8.01. The van der Waals surface area contributed by atoms with E-state index in [0.29, 0.717) is 6.61 Å². The van der Waals surface area contributed by atoms with Crippen LogP contribution in [0, 0.1) is 5.92 Å². The van der Waals surface area contributed by atoms with Gasteiger partial charge in [0.15, 0.2) is 0 Å². The van der Waals surface area contributed by atoms with Gasteiger partial charge in [0.25, 0.3) is 0 Å². The minimum atomic E-state index is -1.05. The first-order chi connectivity index (χ1) is 10.7. The van der Waals surface area contributed by atoms with E-state index in [1.165, 1.54) is 0 Å². The number of hydrogen-bond donors (Lipinski definition) is 0. The van der Waals surface area contributed by atoms with Crippen molar-refractivity contribution in [2.24, 2.45) is 5.92 Å². The van der Waals surface area contributed by atoms with Crippen LogP contribution >= 0.6 is 0 Å². The number of ether oxygens (including phenoxy) is 1. The van der Waals surface area contributed by atoms with E-state index in [-0.39, 0.29) is 0 Å². The average Bonchev–Trinajstić information content (AvgIpc) is 2.55. The quantitative estimate of drug-likeness (QED) is 0.853. The first-order valence-corrected chi connectivity index (χ1v) is 9.11. The summed E-state index contributed by atoms with van der Waals surface area (Å²) in [4.78, 5) is 0.895.